The maximum Gasteiger partial charge on any atom is 0.238 e. The first-order valence-corrected chi connectivity index (χ1v) is 9.56. The number of anilines is 2. The number of amides is 1. The third-order valence-electron chi connectivity index (χ3n) is 5.12. The molecule has 2 aromatic carbocycles. The van der Waals surface area contributed by atoms with E-state index in [1.807, 2.05) is 31.2 Å². The Morgan fingerprint density at radius 3 is 2.37 bits per heavy atom. The molecule has 5 heteroatoms. The van der Waals surface area contributed by atoms with Gasteiger partial charge < -0.3 is 10.2 Å². The van der Waals surface area contributed by atoms with Crippen LogP contribution in [-0.4, -0.2) is 43.5 Å². The summed E-state index contributed by atoms with van der Waals surface area (Å²) in [4.78, 5) is 17.0. The summed E-state index contributed by atoms with van der Waals surface area (Å²) in [5, 5.41) is 3.12. The summed E-state index contributed by atoms with van der Waals surface area (Å²) in [6.45, 7) is 10.00. The number of nitrogens with zero attached hydrogens (tertiary/aromatic N) is 2. The Hall–Kier alpha value is -2.40. The summed E-state index contributed by atoms with van der Waals surface area (Å²) >= 11 is 0. The molecule has 0 aliphatic carbocycles. The molecule has 0 spiro atoms. The molecule has 1 aliphatic heterocycles. The number of para-hydroxylation sites is 1. The van der Waals surface area contributed by atoms with Crippen molar-refractivity contribution in [3.05, 3.63) is 59.4 Å². The number of rotatable bonds is 5. The predicted octanol–water partition coefficient (Wildman–Crippen LogP) is 4.02. The van der Waals surface area contributed by atoms with Gasteiger partial charge in [0.1, 0.15) is 5.82 Å². The van der Waals surface area contributed by atoms with Crippen LogP contribution in [0.4, 0.5) is 15.8 Å². The molecule has 0 atom stereocenters. The van der Waals surface area contributed by atoms with E-state index in [0.717, 1.165) is 43.1 Å². The Balaban J connectivity index is 1.55. The first-order chi connectivity index (χ1) is 12.9. The fourth-order valence-corrected chi connectivity index (χ4v) is 3.54. The van der Waals surface area contributed by atoms with Gasteiger partial charge in [-0.3, -0.25) is 9.69 Å². The van der Waals surface area contributed by atoms with Crippen LogP contribution in [0.5, 0.6) is 0 Å². The lowest BCUT2D eigenvalue weighted by Crippen LogP contribution is -2.48. The second-order valence-corrected chi connectivity index (χ2v) is 7.48. The molecule has 1 amide bonds. The highest BCUT2D eigenvalue weighted by molar-refractivity contribution is 5.94. The molecule has 3 rings (SSSR count). The van der Waals surface area contributed by atoms with Crippen molar-refractivity contribution < 1.29 is 9.18 Å². The molecular formula is C22H28FN3O. The van der Waals surface area contributed by atoms with Gasteiger partial charge in [0, 0.05) is 37.6 Å². The summed E-state index contributed by atoms with van der Waals surface area (Å²) in [5.74, 6) is 0.173. The minimum Gasteiger partial charge on any atom is -0.369 e. The zero-order valence-corrected chi connectivity index (χ0v) is 16.3. The number of hydrogen-bond donors (Lipinski definition) is 1. The highest BCUT2D eigenvalue weighted by Gasteiger charge is 2.20. The molecule has 0 unspecified atom stereocenters. The van der Waals surface area contributed by atoms with E-state index in [9.17, 15) is 9.18 Å². The van der Waals surface area contributed by atoms with Crippen molar-refractivity contribution in [1.29, 1.82) is 0 Å². The monoisotopic (exact) mass is 369 g/mol. The molecule has 1 N–H and O–H groups in total. The van der Waals surface area contributed by atoms with Gasteiger partial charge in [-0.25, -0.2) is 4.39 Å². The van der Waals surface area contributed by atoms with Crippen LogP contribution >= 0.6 is 0 Å². The van der Waals surface area contributed by atoms with Gasteiger partial charge in [-0.15, -0.1) is 0 Å². The first-order valence-electron chi connectivity index (χ1n) is 9.56. The summed E-state index contributed by atoms with van der Waals surface area (Å²) in [7, 11) is 0. The van der Waals surface area contributed by atoms with Crippen LogP contribution in [0, 0.1) is 12.7 Å². The van der Waals surface area contributed by atoms with Gasteiger partial charge in [0.15, 0.2) is 0 Å². The Bertz CT molecular complexity index is 781. The van der Waals surface area contributed by atoms with E-state index in [4.69, 9.17) is 0 Å². The third kappa shape index (κ3) is 4.86. The normalized spacial score (nSPS) is 15.2. The number of carbonyl (C=O) groups is 1. The number of carbonyl (C=O) groups excluding carboxylic acids is 1. The Kier molecular flexibility index (Phi) is 6.11. The SMILES string of the molecule is Cc1cccc(C(C)C)c1NC(=O)CN1CCN(c2ccc(F)cc2)CC1. The Morgan fingerprint density at radius 2 is 1.74 bits per heavy atom. The Morgan fingerprint density at radius 1 is 1.07 bits per heavy atom. The lowest BCUT2D eigenvalue weighted by Gasteiger charge is -2.35. The summed E-state index contributed by atoms with van der Waals surface area (Å²) in [5.41, 5.74) is 4.24. The highest BCUT2D eigenvalue weighted by atomic mass is 19.1. The zero-order valence-electron chi connectivity index (χ0n) is 16.3. The molecule has 144 valence electrons. The summed E-state index contributed by atoms with van der Waals surface area (Å²) in [6, 6.07) is 12.7. The van der Waals surface area contributed by atoms with Gasteiger partial charge >= 0.3 is 0 Å². The lowest BCUT2D eigenvalue weighted by molar-refractivity contribution is -0.117. The predicted molar refractivity (Wildman–Crippen MR) is 109 cm³/mol. The van der Waals surface area contributed by atoms with E-state index in [2.05, 4.69) is 35.0 Å². The van der Waals surface area contributed by atoms with E-state index in [0.29, 0.717) is 12.5 Å². The van der Waals surface area contributed by atoms with E-state index in [1.165, 1.54) is 17.7 Å². The molecule has 27 heavy (non-hydrogen) atoms. The first kappa shape index (κ1) is 19.4. The number of benzene rings is 2. The fraction of sp³-hybridized carbons (Fsp3) is 0.409. The minimum atomic E-state index is -0.217. The number of nitrogens with one attached hydrogen (secondary N) is 1. The molecular weight excluding hydrogens is 341 g/mol. The minimum absolute atomic E-state index is 0.0291. The smallest absolute Gasteiger partial charge is 0.238 e. The van der Waals surface area contributed by atoms with E-state index in [1.54, 1.807) is 0 Å². The van der Waals surface area contributed by atoms with Crippen LogP contribution in [0.25, 0.3) is 0 Å². The number of hydrogen-bond acceptors (Lipinski definition) is 3. The third-order valence-corrected chi connectivity index (χ3v) is 5.12. The molecule has 4 nitrogen and oxygen atoms in total. The quantitative estimate of drug-likeness (QED) is 0.865. The molecule has 0 bridgehead atoms. The van der Waals surface area contributed by atoms with Gasteiger partial charge in [0.2, 0.25) is 5.91 Å². The molecule has 0 radical (unpaired) electrons. The molecule has 0 aromatic heterocycles. The van der Waals surface area contributed by atoms with Crippen molar-refractivity contribution in [2.75, 3.05) is 42.9 Å². The van der Waals surface area contributed by atoms with Crippen LogP contribution in [0.3, 0.4) is 0 Å². The molecule has 1 aliphatic rings. The van der Waals surface area contributed by atoms with E-state index in [-0.39, 0.29) is 11.7 Å². The van der Waals surface area contributed by atoms with Crippen molar-refractivity contribution in [1.82, 2.24) is 4.90 Å². The number of aryl methyl sites for hydroxylation is 1. The van der Waals surface area contributed by atoms with Gasteiger partial charge in [0.25, 0.3) is 0 Å². The maximum atomic E-state index is 13.1. The Labute approximate surface area is 161 Å². The van der Waals surface area contributed by atoms with Crippen molar-refractivity contribution in [3.63, 3.8) is 0 Å². The van der Waals surface area contributed by atoms with Gasteiger partial charge in [-0.2, -0.15) is 0 Å². The second kappa shape index (κ2) is 8.53. The van der Waals surface area contributed by atoms with Gasteiger partial charge in [0.05, 0.1) is 6.54 Å². The van der Waals surface area contributed by atoms with Crippen molar-refractivity contribution in [2.45, 2.75) is 26.7 Å². The van der Waals surface area contributed by atoms with Crippen LogP contribution in [-0.2, 0) is 4.79 Å². The van der Waals surface area contributed by atoms with Gasteiger partial charge in [-0.05, 0) is 48.2 Å². The molecule has 1 heterocycles. The lowest BCUT2D eigenvalue weighted by atomic mass is 9.98. The molecule has 0 saturated carbocycles. The van der Waals surface area contributed by atoms with E-state index >= 15 is 0 Å². The van der Waals surface area contributed by atoms with Crippen molar-refractivity contribution >= 4 is 17.3 Å². The number of piperazine rings is 1. The van der Waals surface area contributed by atoms with Gasteiger partial charge in [-0.1, -0.05) is 32.0 Å². The largest absolute Gasteiger partial charge is 0.369 e. The van der Waals surface area contributed by atoms with Crippen LogP contribution < -0.4 is 10.2 Å². The molecule has 2 aromatic rings. The van der Waals surface area contributed by atoms with Crippen LogP contribution in [0.2, 0.25) is 0 Å². The number of halogens is 1. The standard InChI is InChI=1S/C22H28FN3O/c1-16(2)20-6-4-5-17(3)22(20)24-21(27)15-25-11-13-26(14-12-25)19-9-7-18(23)8-10-19/h4-10,16H,11-15H2,1-3H3,(H,24,27). The average molecular weight is 369 g/mol. The van der Waals surface area contributed by atoms with Crippen molar-refractivity contribution in [2.24, 2.45) is 0 Å². The maximum absolute atomic E-state index is 13.1. The fourth-order valence-electron chi connectivity index (χ4n) is 3.54. The summed E-state index contributed by atoms with van der Waals surface area (Å²) in [6.07, 6.45) is 0. The van der Waals surface area contributed by atoms with Crippen molar-refractivity contribution in [3.8, 4) is 0 Å². The molecule has 1 fully saturated rings. The highest BCUT2D eigenvalue weighted by Crippen LogP contribution is 2.27. The average Bonchev–Trinajstić information content (AvgIpc) is 2.64. The zero-order chi connectivity index (χ0) is 19.4. The van der Waals surface area contributed by atoms with E-state index < -0.39 is 0 Å². The summed E-state index contributed by atoms with van der Waals surface area (Å²) < 4.78 is 13.1. The molecule has 1 saturated heterocycles. The second-order valence-electron chi connectivity index (χ2n) is 7.48. The van der Waals surface area contributed by atoms with Crippen LogP contribution in [0.1, 0.15) is 30.9 Å². The topological polar surface area (TPSA) is 35.6 Å². The van der Waals surface area contributed by atoms with Crippen LogP contribution in [0.15, 0.2) is 42.5 Å².